The Bertz CT molecular complexity index is 1980. The van der Waals surface area contributed by atoms with E-state index in [1.54, 1.807) is 6.08 Å². The molecule has 0 aromatic carbocycles. The van der Waals surface area contributed by atoms with Gasteiger partial charge < -0.3 is 89.9 Å². The highest BCUT2D eigenvalue weighted by atomic mass is 16.8. The lowest BCUT2D eigenvalue weighted by Crippen LogP contribution is -2.66. The molecule has 526 valence electrons. The van der Waals surface area contributed by atoms with Gasteiger partial charge in [0.05, 0.1) is 38.6 Å². The molecule has 3 fully saturated rings. The summed E-state index contributed by atoms with van der Waals surface area (Å²) < 4.78 is 34.3. The van der Waals surface area contributed by atoms with Crippen LogP contribution in [0, 0.1) is 0 Å². The van der Waals surface area contributed by atoms with Gasteiger partial charge in [-0.25, -0.2) is 0 Å². The van der Waals surface area contributed by atoms with Gasteiger partial charge in [0.1, 0.15) is 73.2 Å². The zero-order valence-electron chi connectivity index (χ0n) is 55.5. The van der Waals surface area contributed by atoms with E-state index in [4.69, 9.17) is 28.4 Å². The van der Waals surface area contributed by atoms with Gasteiger partial charge >= 0.3 is 0 Å². The van der Waals surface area contributed by atoms with Crippen molar-refractivity contribution in [1.82, 2.24) is 5.32 Å². The van der Waals surface area contributed by atoms with Crippen molar-refractivity contribution in [2.75, 3.05) is 26.4 Å². The fourth-order valence-corrected chi connectivity index (χ4v) is 11.5. The number of ether oxygens (including phenoxy) is 6. The highest BCUT2D eigenvalue weighted by Gasteiger charge is 2.53. The summed E-state index contributed by atoms with van der Waals surface area (Å²) in [4.78, 5) is 13.4. The standard InChI is InChI=1S/C72H125NO18/c1-3-5-7-9-11-13-15-17-18-19-20-21-22-23-24-25-26-27-28-29-30-31-32-33-34-35-36-38-40-42-44-46-48-50-60(78)73-55(56(77)49-47-45-43-41-39-37-16-14-12-10-8-6-4-2)54-86-70-66(84)63(81)68(58(52-75)88-70)91-72-67(85)64(82)69(59(53-76)89-72)90-71-65(83)62(80)61(79)57(51-74)87-71/h5,7,11,13,17-18,20-21,23-24,26-27,47,49,55-59,61-72,74-77,79-85H,3-4,6,8-10,12,14-16,19,22,25,28-46,48,50-54H2,1-2H3,(H,73,78)/b7-5-,13-11-,18-17-,21-20-,24-23-,27-26-,49-47+. The van der Waals surface area contributed by atoms with Crippen molar-refractivity contribution in [3.05, 3.63) is 85.1 Å². The molecule has 12 N–H and O–H groups in total. The van der Waals surface area contributed by atoms with Crippen LogP contribution >= 0.6 is 0 Å². The minimum absolute atomic E-state index is 0.239. The number of allylic oxidation sites excluding steroid dienone is 13. The Morgan fingerprint density at radius 3 is 1.19 bits per heavy atom. The first kappa shape index (κ1) is 82.2. The zero-order chi connectivity index (χ0) is 66.1. The summed E-state index contributed by atoms with van der Waals surface area (Å²) in [6.45, 7) is 1.60. The quantitative estimate of drug-likeness (QED) is 0.0199. The van der Waals surface area contributed by atoms with E-state index in [2.05, 4.69) is 92.1 Å². The van der Waals surface area contributed by atoms with Gasteiger partial charge in [0.25, 0.3) is 0 Å². The number of carbonyl (C=O) groups excluding carboxylic acids is 1. The molecule has 0 aromatic rings. The molecule has 17 atom stereocenters. The summed E-state index contributed by atoms with van der Waals surface area (Å²) in [7, 11) is 0. The van der Waals surface area contributed by atoms with Crippen molar-refractivity contribution in [2.45, 2.75) is 336 Å². The number of aliphatic hydroxyl groups is 11. The molecule has 1 amide bonds. The van der Waals surface area contributed by atoms with Crippen LogP contribution in [0.25, 0.3) is 0 Å². The molecule has 3 rings (SSSR count). The summed E-state index contributed by atoms with van der Waals surface area (Å²) in [5.74, 6) is -0.279. The Balaban J connectivity index is 1.36. The highest BCUT2D eigenvalue weighted by Crippen LogP contribution is 2.33. The minimum Gasteiger partial charge on any atom is -0.394 e. The van der Waals surface area contributed by atoms with E-state index in [1.165, 1.54) is 116 Å². The topological polar surface area (TPSA) is 307 Å². The number of carbonyl (C=O) groups is 1. The Kier molecular flexibility index (Phi) is 48.0. The molecular formula is C72H125NO18. The average Bonchev–Trinajstić information content (AvgIpc) is 0.871. The van der Waals surface area contributed by atoms with E-state index >= 15 is 0 Å². The van der Waals surface area contributed by atoms with Crippen molar-refractivity contribution in [3.8, 4) is 0 Å². The summed E-state index contributed by atoms with van der Waals surface area (Å²) in [5.41, 5.74) is 0. The van der Waals surface area contributed by atoms with Crippen LogP contribution in [-0.4, -0.2) is 193 Å². The van der Waals surface area contributed by atoms with Gasteiger partial charge in [-0.05, 0) is 70.6 Å². The monoisotopic (exact) mass is 1290 g/mol. The van der Waals surface area contributed by atoms with Crippen molar-refractivity contribution >= 4 is 5.91 Å². The molecule has 0 aromatic heterocycles. The normalized spacial score (nSPS) is 28.4. The van der Waals surface area contributed by atoms with E-state index in [0.29, 0.717) is 6.42 Å². The van der Waals surface area contributed by atoms with E-state index in [-0.39, 0.29) is 18.9 Å². The van der Waals surface area contributed by atoms with Crippen molar-refractivity contribution in [3.63, 3.8) is 0 Å². The first-order valence-corrected chi connectivity index (χ1v) is 35.3. The number of aliphatic hydroxyl groups excluding tert-OH is 11. The molecule has 0 spiro atoms. The molecule has 0 bridgehead atoms. The number of hydrogen-bond donors (Lipinski definition) is 12. The third-order valence-electron chi connectivity index (χ3n) is 17.2. The predicted molar refractivity (Wildman–Crippen MR) is 355 cm³/mol. The summed E-state index contributed by atoms with van der Waals surface area (Å²) in [6.07, 6.45) is 41.4. The molecule has 0 aliphatic carbocycles. The third-order valence-corrected chi connectivity index (χ3v) is 17.2. The van der Waals surface area contributed by atoms with Gasteiger partial charge in [-0.2, -0.15) is 0 Å². The summed E-state index contributed by atoms with van der Waals surface area (Å²) in [5, 5.41) is 120. The molecule has 19 nitrogen and oxygen atoms in total. The lowest BCUT2D eigenvalue weighted by molar-refractivity contribution is -0.379. The second-order valence-electron chi connectivity index (χ2n) is 25.0. The molecule has 17 unspecified atom stereocenters. The Hall–Kier alpha value is -3.03. The van der Waals surface area contributed by atoms with E-state index in [1.807, 2.05) is 6.08 Å². The van der Waals surface area contributed by atoms with E-state index in [9.17, 15) is 61.0 Å². The Labute approximate surface area is 546 Å². The molecule has 3 saturated heterocycles. The molecule has 91 heavy (non-hydrogen) atoms. The maximum atomic E-state index is 13.4. The summed E-state index contributed by atoms with van der Waals surface area (Å²) in [6, 6.07) is -0.976. The first-order chi connectivity index (χ1) is 44.3. The van der Waals surface area contributed by atoms with Crippen LogP contribution in [0.1, 0.15) is 232 Å². The van der Waals surface area contributed by atoms with Crippen molar-refractivity contribution in [2.24, 2.45) is 0 Å². The van der Waals surface area contributed by atoms with Gasteiger partial charge in [-0.1, -0.05) is 240 Å². The molecule has 3 aliphatic heterocycles. The zero-order valence-corrected chi connectivity index (χ0v) is 55.5. The average molecular weight is 1290 g/mol. The van der Waals surface area contributed by atoms with Gasteiger partial charge in [0.15, 0.2) is 18.9 Å². The maximum absolute atomic E-state index is 13.4. The van der Waals surface area contributed by atoms with Crippen LogP contribution in [-0.2, 0) is 33.2 Å². The highest BCUT2D eigenvalue weighted by molar-refractivity contribution is 5.76. The second kappa shape index (κ2) is 53.2. The van der Waals surface area contributed by atoms with Gasteiger partial charge in [-0.15, -0.1) is 0 Å². The molecular weight excluding hydrogens is 1170 g/mol. The minimum atomic E-state index is -1.98. The van der Waals surface area contributed by atoms with Crippen molar-refractivity contribution < 1.29 is 89.4 Å². The van der Waals surface area contributed by atoms with Gasteiger partial charge in [0, 0.05) is 6.42 Å². The van der Waals surface area contributed by atoms with Crippen LogP contribution < -0.4 is 5.32 Å². The van der Waals surface area contributed by atoms with Gasteiger partial charge in [0.2, 0.25) is 5.91 Å². The fourth-order valence-electron chi connectivity index (χ4n) is 11.5. The number of hydrogen-bond acceptors (Lipinski definition) is 18. The van der Waals surface area contributed by atoms with Crippen LogP contribution in [0.4, 0.5) is 0 Å². The fraction of sp³-hybridized carbons (Fsp3) is 0.792. The molecule has 19 heteroatoms. The third kappa shape index (κ3) is 35.0. The first-order valence-electron chi connectivity index (χ1n) is 35.3. The number of rotatable bonds is 53. The number of unbranched alkanes of at least 4 members (excludes halogenated alkanes) is 25. The second-order valence-corrected chi connectivity index (χ2v) is 25.0. The number of amides is 1. The van der Waals surface area contributed by atoms with Crippen LogP contribution in [0.15, 0.2) is 85.1 Å². The molecule has 0 radical (unpaired) electrons. The van der Waals surface area contributed by atoms with E-state index < -0.39 is 124 Å². The van der Waals surface area contributed by atoms with Crippen molar-refractivity contribution in [1.29, 1.82) is 0 Å². The lowest BCUT2D eigenvalue weighted by atomic mass is 9.96. The van der Waals surface area contributed by atoms with E-state index in [0.717, 1.165) is 89.9 Å². The lowest BCUT2D eigenvalue weighted by Gasteiger charge is -2.48. The van der Waals surface area contributed by atoms with Gasteiger partial charge in [-0.3, -0.25) is 4.79 Å². The largest absolute Gasteiger partial charge is 0.394 e. The summed E-state index contributed by atoms with van der Waals surface area (Å²) >= 11 is 0. The van der Waals surface area contributed by atoms with Crippen LogP contribution in [0.2, 0.25) is 0 Å². The smallest absolute Gasteiger partial charge is 0.220 e. The molecule has 0 saturated carbocycles. The SMILES string of the molecule is CC/C=C\C/C=C\C/C=C\C/C=C\C/C=C\C/C=C\CCCCCCCCCCCCCCCCC(=O)NC(COC1OC(CO)C(OC2OC(CO)C(OC3OC(CO)C(O)C(O)C3O)C(O)C2O)C(O)C1O)C(O)/C=C/CCCCCCCCCCCCC. The molecule has 3 aliphatic rings. The van der Waals surface area contributed by atoms with Crippen LogP contribution in [0.3, 0.4) is 0 Å². The van der Waals surface area contributed by atoms with Crippen LogP contribution in [0.5, 0.6) is 0 Å². The maximum Gasteiger partial charge on any atom is 0.220 e. The Morgan fingerprint density at radius 1 is 0.407 bits per heavy atom. The molecule has 3 heterocycles. The number of nitrogens with one attached hydrogen (secondary N) is 1. The Morgan fingerprint density at radius 2 is 0.758 bits per heavy atom. The predicted octanol–water partition coefficient (Wildman–Crippen LogP) is 9.49.